The lowest BCUT2D eigenvalue weighted by Gasteiger charge is -2.19. The van der Waals surface area contributed by atoms with Crippen molar-refractivity contribution in [1.82, 2.24) is 5.32 Å². The second-order valence-corrected chi connectivity index (χ2v) is 5.19. The molecular formula is C14H20FN3O2. The van der Waals surface area contributed by atoms with Gasteiger partial charge in [0.1, 0.15) is 5.82 Å². The van der Waals surface area contributed by atoms with Crippen LogP contribution in [0.25, 0.3) is 0 Å². The number of benzene rings is 1. The summed E-state index contributed by atoms with van der Waals surface area (Å²) in [6, 6.07) is 4.60. The molecule has 0 aliphatic heterocycles. The highest BCUT2D eigenvalue weighted by Crippen LogP contribution is 2.25. The highest BCUT2D eigenvalue weighted by atomic mass is 19.1. The Kier molecular flexibility index (Phi) is 4.92. The Bertz CT molecular complexity index is 493. The van der Waals surface area contributed by atoms with Gasteiger partial charge in [0.2, 0.25) is 0 Å². The summed E-state index contributed by atoms with van der Waals surface area (Å²) >= 11 is 0. The number of hydrogen-bond acceptors (Lipinski definition) is 4. The molecule has 0 radical (unpaired) electrons. The third-order valence-corrected chi connectivity index (χ3v) is 3.82. The summed E-state index contributed by atoms with van der Waals surface area (Å²) in [5.41, 5.74) is 6.56. The summed E-state index contributed by atoms with van der Waals surface area (Å²) < 4.78 is 13.5. The normalized spacial score (nSPS) is 23.2. The molecule has 110 valence electrons. The topological polar surface area (TPSA) is 90.9 Å². The van der Waals surface area contributed by atoms with Gasteiger partial charge in [0, 0.05) is 24.8 Å². The summed E-state index contributed by atoms with van der Waals surface area (Å²) in [4.78, 5) is 0. The molecule has 2 atom stereocenters. The van der Waals surface area contributed by atoms with Crippen LogP contribution in [0.3, 0.4) is 0 Å². The van der Waals surface area contributed by atoms with E-state index in [9.17, 15) is 9.50 Å². The van der Waals surface area contributed by atoms with Crippen molar-refractivity contribution in [3.05, 3.63) is 35.1 Å². The molecule has 6 heteroatoms. The fourth-order valence-corrected chi connectivity index (χ4v) is 2.73. The molecular weight excluding hydrogens is 261 g/mol. The first-order chi connectivity index (χ1) is 9.63. The van der Waals surface area contributed by atoms with Crippen LogP contribution in [0.2, 0.25) is 0 Å². The third kappa shape index (κ3) is 3.46. The molecule has 0 bridgehead atoms. The van der Waals surface area contributed by atoms with E-state index in [1.807, 2.05) is 0 Å². The van der Waals surface area contributed by atoms with Gasteiger partial charge in [-0.2, -0.15) is 0 Å². The van der Waals surface area contributed by atoms with Gasteiger partial charge in [0.15, 0.2) is 5.84 Å². The maximum Gasteiger partial charge on any atom is 0.170 e. The van der Waals surface area contributed by atoms with Crippen molar-refractivity contribution >= 4 is 5.84 Å². The van der Waals surface area contributed by atoms with Crippen LogP contribution in [0.1, 0.15) is 30.4 Å². The standard InChI is InChI=1S/C14H20FN3O2/c15-12-5-9(4-11(6-12)14(16)18-20)7-17-13-3-1-2-10(13)8-19/h4-6,10,13,17,19-20H,1-3,7-8H2,(H2,16,18). The summed E-state index contributed by atoms with van der Waals surface area (Å²) in [5, 5.41) is 24.1. The largest absolute Gasteiger partial charge is 0.409 e. The van der Waals surface area contributed by atoms with Crippen LogP contribution in [0.4, 0.5) is 4.39 Å². The molecule has 1 aromatic rings. The fourth-order valence-electron chi connectivity index (χ4n) is 2.73. The Labute approximate surface area is 117 Å². The van der Waals surface area contributed by atoms with Gasteiger partial charge < -0.3 is 21.4 Å². The van der Waals surface area contributed by atoms with Crippen LogP contribution in [-0.2, 0) is 6.54 Å². The zero-order valence-electron chi connectivity index (χ0n) is 11.2. The first-order valence-electron chi connectivity index (χ1n) is 6.75. The molecule has 5 nitrogen and oxygen atoms in total. The van der Waals surface area contributed by atoms with Crippen molar-refractivity contribution in [2.75, 3.05) is 6.61 Å². The zero-order chi connectivity index (χ0) is 14.5. The summed E-state index contributed by atoms with van der Waals surface area (Å²) in [5.74, 6) is -0.261. The highest BCUT2D eigenvalue weighted by molar-refractivity contribution is 5.97. The average Bonchev–Trinajstić information content (AvgIpc) is 2.91. The molecule has 0 aromatic heterocycles. The first kappa shape index (κ1) is 14.7. The molecule has 0 heterocycles. The molecule has 1 aromatic carbocycles. The highest BCUT2D eigenvalue weighted by Gasteiger charge is 2.25. The summed E-state index contributed by atoms with van der Waals surface area (Å²) in [7, 11) is 0. The Morgan fingerprint density at radius 3 is 2.90 bits per heavy atom. The number of nitrogens with one attached hydrogen (secondary N) is 1. The quantitative estimate of drug-likeness (QED) is 0.282. The van der Waals surface area contributed by atoms with E-state index < -0.39 is 5.82 Å². The van der Waals surface area contributed by atoms with Crippen LogP contribution in [0.5, 0.6) is 0 Å². The number of rotatable bonds is 5. The predicted molar refractivity (Wildman–Crippen MR) is 74.0 cm³/mol. The lowest BCUT2D eigenvalue weighted by molar-refractivity contribution is 0.205. The predicted octanol–water partition coefficient (Wildman–Crippen LogP) is 1.17. The van der Waals surface area contributed by atoms with Gasteiger partial charge >= 0.3 is 0 Å². The molecule has 20 heavy (non-hydrogen) atoms. The minimum Gasteiger partial charge on any atom is -0.409 e. The van der Waals surface area contributed by atoms with Crippen LogP contribution < -0.4 is 11.1 Å². The van der Waals surface area contributed by atoms with Gasteiger partial charge in [-0.05, 0) is 42.5 Å². The van der Waals surface area contributed by atoms with Gasteiger partial charge in [-0.25, -0.2) is 4.39 Å². The lowest BCUT2D eigenvalue weighted by Crippen LogP contribution is -2.33. The Balaban J connectivity index is 2.04. The van der Waals surface area contributed by atoms with E-state index in [4.69, 9.17) is 10.9 Å². The van der Waals surface area contributed by atoms with Crippen molar-refractivity contribution in [3.8, 4) is 0 Å². The molecule has 1 saturated carbocycles. The lowest BCUT2D eigenvalue weighted by atomic mass is 10.0. The SMILES string of the molecule is N/C(=N/O)c1cc(F)cc(CNC2CCCC2CO)c1. The molecule has 2 rings (SSSR count). The van der Waals surface area contributed by atoms with Gasteiger partial charge in [-0.1, -0.05) is 11.6 Å². The minimum atomic E-state index is -0.420. The monoisotopic (exact) mass is 281 g/mol. The summed E-state index contributed by atoms with van der Waals surface area (Å²) in [6.07, 6.45) is 3.14. The van der Waals surface area contributed by atoms with E-state index in [-0.39, 0.29) is 24.4 Å². The van der Waals surface area contributed by atoms with Crippen molar-refractivity contribution < 1.29 is 14.7 Å². The molecule has 1 aliphatic rings. The van der Waals surface area contributed by atoms with E-state index >= 15 is 0 Å². The number of nitrogens with two attached hydrogens (primary N) is 1. The molecule has 1 fully saturated rings. The van der Waals surface area contributed by atoms with Crippen molar-refractivity contribution in [2.45, 2.75) is 31.8 Å². The summed E-state index contributed by atoms with van der Waals surface area (Å²) in [6.45, 7) is 0.667. The van der Waals surface area contributed by atoms with E-state index in [1.165, 1.54) is 12.1 Å². The van der Waals surface area contributed by atoms with Gasteiger partial charge in [-0.15, -0.1) is 0 Å². The zero-order valence-corrected chi connectivity index (χ0v) is 11.2. The molecule has 0 spiro atoms. The molecule has 0 saturated heterocycles. The number of halogens is 1. The number of oxime groups is 1. The van der Waals surface area contributed by atoms with Crippen LogP contribution >= 0.6 is 0 Å². The molecule has 1 aliphatic carbocycles. The number of nitrogens with zero attached hydrogens (tertiary/aromatic N) is 1. The third-order valence-electron chi connectivity index (χ3n) is 3.82. The van der Waals surface area contributed by atoms with Gasteiger partial charge in [0.25, 0.3) is 0 Å². The van der Waals surface area contributed by atoms with Gasteiger partial charge in [0.05, 0.1) is 0 Å². The number of aliphatic hydroxyl groups is 1. The van der Waals surface area contributed by atoms with Crippen LogP contribution in [0.15, 0.2) is 23.4 Å². The number of hydrogen-bond donors (Lipinski definition) is 4. The Morgan fingerprint density at radius 2 is 2.20 bits per heavy atom. The van der Waals surface area contributed by atoms with Crippen LogP contribution in [-0.4, -0.2) is 28.8 Å². The second kappa shape index (κ2) is 6.67. The fraction of sp³-hybridized carbons (Fsp3) is 0.500. The first-order valence-corrected chi connectivity index (χ1v) is 6.75. The van der Waals surface area contributed by atoms with E-state index in [2.05, 4.69) is 10.5 Å². The molecule has 0 amide bonds. The smallest absolute Gasteiger partial charge is 0.170 e. The maximum absolute atomic E-state index is 13.5. The van der Waals surface area contributed by atoms with Crippen molar-refractivity contribution in [1.29, 1.82) is 0 Å². The van der Waals surface area contributed by atoms with E-state index in [0.29, 0.717) is 12.1 Å². The minimum absolute atomic E-state index is 0.111. The van der Waals surface area contributed by atoms with Gasteiger partial charge in [-0.3, -0.25) is 0 Å². The number of aliphatic hydroxyl groups excluding tert-OH is 1. The van der Waals surface area contributed by atoms with Crippen LogP contribution in [0, 0.1) is 11.7 Å². The Hall–Kier alpha value is -1.66. The maximum atomic E-state index is 13.5. The van der Waals surface area contributed by atoms with E-state index in [1.54, 1.807) is 6.07 Å². The average molecular weight is 281 g/mol. The van der Waals surface area contributed by atoms with Crippen molar-refractivity contribution in [2.24, 2.45) is 16.8 Å². The van der Waals surface area contributed by atoms with E-state index in [0.717, 1.165) is 24.8 Å². The molecule has 2 unspecified atom stereocenters. The second-order valence-electron chi connectivity index (χ2n) is 5.19. The Morgan fingerprint density at radius 1 is 1.40 bits per heavy atom. The number of amidine groups is 1. The van der Waals surface area contributed by atoms with Crippen molar-refractivity contribution in [3.63, 3.8) is 0 Å². The molecule has 5 N–H and O–H groups in total.